The van der Waals surface area contributed by atoms with Crippen molar-refractivity contribution < 1.29 is 0 Å². The standard InChI is InChI=1S/C14H18.C8H13P/c1-11(2)5-8-13(4)14-9-6-12(3)7-10-14;1-7-3-5-8(2,9)6-4-7/h6-10H,1,5H2,2-4H3;3-5H,6,9H2,1-2H3/b13-8+;. The van der Waals surface area contributed by atoms with Gasteiger partial charge in [-0.15, -0.1) is 9.24 Å². The molecule has 23 heavy (non-hydrogen) atoms. The lowest BCUT2D eigenvalue weighted by Gasteiger charge is -2.21. The summed E-state index contributed by atoms with van der Waals surface area (Å²) in [4.78, 5) is 0. The van der Waals surface area contributed by atoms with Crippen LogP contribution in [0.2, 0.25) is 0 Å². The Morgan fingerprint density at radius 2 is 1.83 bits per heavy atom. The zero-order chi connectivity index (χ0) is 17.5. The first-order valence-electron chi connectivity index (χ1n) is 8.23. The first-order chi connectivity index (χ1) is 10.7. The first kappa shape index (κ1) is 19.7. The number of allylic oxidation sites excluding steroid dienone is 7. The first-order valence-corrected chi connectivity index (χ1v) is 8.80. The van der Waals surface area contributed by atoms with E-state index >= 15 is 0 Å². The molecule has 124 valence electrons. The molecule has 1 aliphatic carbocycles. The van der Waals surface area contributed by atoms with Crippen LogP contribution in [0.5, 0.6) is 0 Å². The summed E-state index contributed by atoms with van der Waals surface area (Å²) in [6, 6.07) is 8.63. The minimum atomic E-state index is 0.319. The summed E-state index contributed by atoms with van der Waals surface area (Å²) < 4.78 is 0. The van der Waals surface area contributed by atoms with Crippen LogP contribution in [-0.4, -0.2) is 5.16 Å². The van der Waals surface area contributed by atoms with Gasteiger partial charge in [0.15, 0.2) is 0 Å². The van der Waals surface area contributed by atoms with E-state index in [0.717, 1.165) is 12.8 Å². The third-order valence-corrected chi connectivity index (χ3v) is 4.28. The van der Waals surface area contributed by atoms with Crippen LogP contribution in [-0.2, 0) is 0 Å². The number of hydrogen-bond acceptors (Lipinski definition) is 0. The van der Waals surface area contributed by atoms with Gasteiger partial charge >= 0.3 is 0 Å². The van der Waals surface area contributed by atoms with Crippen molar-refractivity contribution in [1.82, 2.24) is 0 Å². The fraction of sp³-hybridized carbons (Fsp3) is 0.364. The highest BCUT2D eigenvalue weighted by Crippen LogP contribution is 2.28. The minimum absolute atomic E-state index is 0.319. The summed E-state index contributed by atoms with van der Waals surface area (Å²) in [5.74, 6) is 0. The Kier molecular flexibility index (Phi) is 7.73. The normalized spacial score (nSPS) is 20.4. The zero-order valence-corrected chi connectivity index (χ0v) is 16.5. The maximum absolute atomic E-state index is 3.89. The third-order valence-electron chi connectivity index (χ3n) is 3.85. The lowest BCUT2D eigenvalue weighted by atomic mass is 9.98. The summed E-state index contributed by atoms with van der Waals surface area (Å²) in [5.41, 5.74) is 6.53. The molecule has 0 radical (unpaired) electrons. The summed E-state index contributed by atoms with van der Waals surface area (Å²) >= 11 is 0. The zero-order valence-electron chi connectivity index (χ0n) is 15.3. The number of hydrogen-bond donors (Lipinski definition) is 0. The number of rotatable bonds is 3. The van der Waals surface area contributed by atoms with Crippen LogP contribution >= 0.6 is 9.24 Å². The molecule has 2 rings (SSSR count). The molecule has 1 aromatic rings. The predicted octanol–water partition coefficient (Wildman–Crippen LogP) is 6.89. The van der Waals surface area contributed by atoms with Crippen LogP contribution in [0.1, 0.15) is 51.7 Å². The summed E-state index contributed by atoms with van der Waals surface area (Å²) in [5, 5.41) is 0.319. The Hall–Kier alpha value is -1.39. The van der Waals surface area contributed by atoms with Crippen LogP contribution in [0.15, 0.2) is 66.3 Å². The second-order valence-electron chi connectivity index (χ2n) is 6.91. The average molecular weight is 326 g/mol. The van der Waals surface area contributed by atoms with Crippen molar-refractivity contribution in [1.29, 1.82) is 0 Å². The molecule has 0 aromatic heterocycles. The summed E-state index contributed by atoms with van der Waals surface area (Å²) in [7, 11) is 2.85. The predicted molar refractivity (Wildman–Crippen MR) is 110 cm³/mol. The molecule has 0 nitrogen and oxygen atoms in total. The Labute approximate surface area is 145 Å². The van der Waals surface area contributed by atoms with E-state index in [9.17, 15) is 0 Å². The summed E-state index contributed by atoms with van der Waals surface area (Å²) in [6.45, 7) is 14.6. The van der Waals surface area contributed by atoms with E-state index in [4.69, 9.17) is 0 Å². The molecule has 1 aliphatic rings. The fourth-order valence-electron chi connectivity index (χ4n) is 2.10. The molecule has 0 amide bonds. The van der Waals surface area contributed by atoms with Crippen LogP contribution in [0, 0.1) is 6.92 Å². The lowest BCUT2D eigenvalue weighted by Crippen LogP contribution is -2.12. The van der Waals surface area contributed by atoms with Crippen LogP contribution < -0.4 is 0 Å². The lowest BCUT2D eigenvalue weighted by molar-refractivity contribution is 0.791. The highest BCUT2D eigenvalue weighted by Gasteiger charge is 2.14. The van der Waals surface area contributed by atoms with Crippen molar-refractivity contribution >= 4 is 14.8 Å². The van der Waals surface area contributed by atoms with Gasteiger partial charge in [0.2, 0.25) is 0 Å². The van der Waals surface area contributed by atoms with Crippen molar-refractivity contribution in [2.24, 2.45) is 0 Å². The smallest absolute Gasteiger partial charge is 0.00365 e. The SMILES string of the molecule is C=C(C)C/C=C(\C)c1ccc(C)cc1.CC1=CCC(C)(P)C=C1. The van der Waals surface area contributed by atoms with E-state index in [-0.39, 0.29) is 0 Å². The number of aryl methyl sites for hydroxylation is 1. The maximum Gasteiger partial charge on any atom is 0.00365 e. The van der Waals surface area contributed by atoms with Crippen molar-refractivity contribution in [3.05, 3.63) is 77.4 Å². The molecule has 0 fully saturated rings. The van der Waals surface area contributed by atoms with E-state index in [2.05, 4.69) is 99.0 Å². The fourth-order valence-corrected chi connectivity index (χ4v) is 2.31. The van der Waals surface area contributed by atoms with Gasteiger partial charge in [-0.2, -0.15) is 0 Å². The van der Waals surface area contributed by atoms with Crippen LogP contribution in [0.25, 0.3) is 5.57 Å². The highest BCUT2D eigenvalue weighted by molar-refractivity contribution is 7.19. The van der Waals surface area contributed by atoms with Crippen molar-refractivity contribution in [2.75, 3.05) is 0 Å². The van der Waals surface area contributed by atoms with Crippen LogP contribution in [0.4, 0.5) is 0 Å². The van der Waals surface area contributed by atoms with Crippen molar-refractivity contribution in [3.8, 4) is 0 Å². The topological polar surface area (TPSA) is 0 Å². The molecular formula is C22H31P. The van der Waals surface area contributed by atoms with Gasteiger partial charge in [-0.25, -0.2) is 0 Å². The van der Waals surface area contributed by atoms with Gasteiger partial charge in [0.25, 0.3) is 0 Å². The molecule has 0 bridgehead atoms. The van der Waals surface area contributed by atoms with Gasteiger partial charge in [0.1, 0.15) is 0 Å². The van der Waals surface area contributed by atoms with Crippen LogP contribution in [0.3, 0.4) is 0 Å². The second kappa shape index (κ2) is 9.04. The second-order valence-corrected chi connectivity index (χ2v) is 8.22. The molecule has 0 spiro atoms. The van der Waals surface area contributed by atoms with E-state index in [1.54, 1.807) is 0 Å². The number of benzene rings is 1. The van der Waals surface area contributed by atoms with Crippen molar-refractivity contribution in [2.45, 2.75) is 52.6 Å². The van der Waals surface area contributed by atoms with Gasteiger partial charge in [-0.05, 0) is 51.7 Å². The Morgan fingerprint density at radius 1 is 1.22 bits per heavy atom. The monoisotopic (exact) mass is 326 g/mol. The van der Waals surface area contributed by atoms with Gasteiger partial charge in [-0.3, -0.25) is 0 Å². The van der Waals surface area contributed by atoms with E-state index in [0.29, 0.717) is 5.16 Å². The molecule has 0 saturated carbocycles. The Morgan fingerprint density at radius 3 is 2.26 bits per heavy atom. The molecule has 1 heteroatoms. The molecule has 0 N–H and O–H groups in total. The highest BCUT2D eigenvalue weighted by atomic mass is 31.0. The van der Waals surface area contributed by atoms with Gasteiger partial charge < -0.3 is 0 Å². The van der Waals surface area contributed by atoms with Gasteiger partial charge in [-0.1, -0.05) is 78.8 Å². The molecular weight excluding hydrogens is 295 g/mol. The average Bonchev–Trinajstić information content (AvgIpc) is 2.49. The molecule has 0 saturated heterocycles. The largest absolute Gasteiger partial charge is 0.127 e. The van der Waals surface area contributed by atoms with Gasteiger partial charge in [0.05, 0.1) is 0 Å². The Bertz CT molecular complexity index is 610. The molecule has 1 aromatic carbocycles. The summed E-state index contributed by atoms with van der Waals surface area (Å²) in [6.07, 6.45) is 11.0. The quantitative estimate of drug-likeness (QED) is 0.419. The van der Waals surface area contributed by atoms with E-state index < -0.39 is 0 Å². The molecule has 2 unspecified atom stereocenters. The molecule has 0 aliphatic heterocycles. The third kappa shape index (κ3) is 8.14. The molecule has 2 atom stereocenters. The Balaban J connectivity index is 0.000000253. The van der Waals surface area contributed by atoms with E-state index in [1.807, 2.05) is 0 Å². The van der Waals surface area contributed by atoms with Crippen molar-refractivity contribution in [3.63, 3.8) is 0 Å². The van der Waals surface area contributed by atoms with E-state index in [1.165, 1.54) is 27.8 Å². The van der Waals surface area contributed by atoms with Gasteiger partial charge in [0, 0.05) is 5.16 Å². The minimum Gasteiger partial charge on any atom is -0.127 e. The maximum atomic E-state index is 3.89. The molecule has 0 heterocycles.